The fraction of sp³-hybridized carbons (Fsp3) is 0.385. The second-order valence-electron chi connectivity index (χ2n) is 9.19. The molecule has 1 saturated carbocycles. The van der Waals surface area contributed by atoms with Crippen LogP contribution in [-0.4, -0.2) is 22.1 Å². The molecule has 1 aliphatic heterocycles. The molecule has 2 heterocycles. The summed E-state index contributed by atoms with van der Waals surface area (Å²) in [4.78, 5) is 18.8. The number of aromatic nitrogens is 1. The van der Waals surface area contributed by atoms with Crippen LogP contribution in [0.15, 0.2) is 42.6 Å². The van der Waals surface area contributed by atoms with Crippen molar-refractivity contribution >= 4 is 16.8 Å². The van der Waals surface area contributed by atoms with Gasteiger partial charge in [0.1, 0.15) is 23.5 Å². The number of nitriles is 1. The van der Waals surface area contributed by atoms with Gasteiger partial charge in [0.05, 0.1) is 18.2 Å². The molecule has 0 spiro atoms. The molecule has 8 heteroatoms. The van der Waals surface area contributed by atoms with E-state index >= 15 is 0 Å². The molecular weight excluding hydrogens is 443 g/mol. The van der Waals surface area contributed by atoms with E-state index in [1.54, 1.807) is 6.07 Å². The minimum absolute atomic E-state index is 0.0279. The highest BCUT2D eigenvalue weighted by Crippen LogP contribution is 2.37. The van der Waals surface area contributed by atoms with E-state index in [2.05, 4.69) is 0 Å². The molecule has 2 aromatic carbocycles. The Morgan fingerprint density at radius 3 is 2.47 bits per heavy atom. The SMILES string of the molecule is N#Cc1cc2c(ccn2CC2CCC(C(=O)N3OCC[C@H]3c3cc(F)cc(F)c3)CC2)cc1F. The second kappa shape index (κ2) is 9.15. The van der Waals surface area contributed by atoms with Crippen molar-refractivity contribution in [2.75, 3.05) is 6.61 Å². The monoisotopic (exact) mass is 467 g/mol. The zero-order valence-electron chi connectivity index (χ0n) is 18.5. The minimum Gasteiger partial charge on any atom is -0.347 e. The number of rotatable bonds is 4. The van der Waals surface area contributed by atoms with E-state index in [4.69, 9.17) is 10.1 Å². The number of amides is 1. The lowest BCUT2D eigenvalue weighted by Crippen LogP contribution is -2.37. The lowest BCUT2D eigenvalue weighted by molar-refractivity contribution is -0.183. The number of benzene rings is 2. The molecule has 2 aliphatic rings. The summed E-state index contributed by atoms with van der Waals surface area (Å²) in [5.74, 6) is -1.84. The van der Waals surface area contributed by atoms with Crippen molar-refractivity contribution in [2.45, 2.75) is 44.7 Å². The fourth-order valence-corrected chi connectivity index (χ4v) is 5.26. The van der Waals surface area contributed by atoms with E-state index in [-0.39, 0.29) is 17.4 Å². The Kier molecular flexibility index (Phi) is 6.05. The van der Waals surface area contributed by atoms with Gasteiger partial charge in [-0.1, -0.05) is 0 Å². The number of halogens is 3. The van der Waals surface area contributed by atoms with Gasteiger partial charge in [-0.15, -0.1) is 0 Å². The van der Waals surface area contributed by atoms with E-state index in [1.807, 2.05) is 22.9 Å². The van der Waals surface area contributed by atoms with Gasteiger partial charge in [-0.05, 0) is 67.5 Å². The third-order valence-corrected chi connectivity index (χ3v) is 7.02. The summed E-state index contributed by atoms with van der Waals surface area (Å²) in [6, 6.07) is 9.54. The molecule has 0 unspecified atom stereocenters. The van der Waals surface area contributed by atoms with Crippen molar-refractivity contribution in [3.63, 3.8) is 0 Å². The van der Waals surface area contributed by atoms with Crippen LogP contribution in [0.25, 0.3) is 10.9 Å². The molecule has 34 heavy (non-hydrogen) atoms. The van der Waals surface area contributed by atoms with Gasteiger partial charge in [0.25, 0.3) is 0 Å². The molecule has 0 N–H and O–H groups in total. The minimum atomic E-state index is -0.669. The predicted octanol–water partition coefficient (Wildman–Crippen LogP) is 5.64. The number of hydroxylamine groups is 2. The van der Waals surface area contributed by atoms with Crippen LogP contribution >= 0.6 is 0 Å². The van der Waals surface area contributed by atoms with E-state index in [0.717, 1.165) is 36.4 Å². The Morgan fingerprint density at radius 1 is 1.03 bits per heavy atom. The number of hydrogen-bond acceptors (Lipinski definition) is 3. The average Bonchev–Trinajstić information content (AvgIpc) is 3.45. The van der Waals surface area contributed by atoms with Crippen molar-refractivity contribution in [1.29, 1.82) is 5.26 Å². The Bertz CT molecular complexity index is 1250. The van der Waals surface area contributed by atoms with Crippen LogP contribution < -0.4 is 0 Å². The molecule has 1 atom stereocenters. The quantitative estimate of drug-likeness (QED) is 0.499. The summed E-state index contributed by atoms with van der Waals surface area (Å²) in [5, 5.41) is 11.2. The zero-order chi connectivity index (χ0) is 23.8. The highest BCUT2D eigenvalue weighted by Gasteiger charge is 2.37. The zero-order valence-corrected chi connectivity index (χ0v) is 18.5. The maximum absolute atomic E-state index is 13.9. The van der Waals surface area contributed by atoms with Gasteiger partial charge in [-0.25, -0.2) is 18.2 Å². The summed E-state index contributed by atoms with van der Waals surface area (Å²) >= 11 is 0. The molecule has 176 valence electrons. The third kappa shape index (κ3) is 4.28. The normalized spacial score (nSPS) is 22.8. The largest absolute Gasteiger partial charge is 0.347 e. The molecule has 5 nitrogen and oxygen atoms in total. The lowest BCUT2D eigenvalue weighted by Gasteiger charge is -2.32. The molecule has 0 radical (unpaired) electrons. The topological polar surface area (TPSA) is 58.3 Å². The smallest absolute Gasteiger partial charge is 0.249 e. The van der Waals surface area contributed by atoms with Crippen molar-refractivity contribution in [3.05, 3.63) is 71.2 Å². The Morgan fingerprint density at radius 2 is 1.76 bits per heavy atom. The number of hydrogen-bond donors (Lipinski definition) is 0. The summed E-state index contributed by atoms with van der Waals surface area (Å²) in [6.07, 6.45) is 5.49. The van der Waals surface area contributed by atoms with Gasteiger partial charge < -0.3 is 4.57 Å². The van der Waals surface area contributed by atoms with E-state index in [9.17, 15) is 18.0 Å². The maximum Gasteiger partial charge on any atom is 0.249 e. The molecule has 5 rings (SSSR count). The number of nitrogens with zero attached hydrogens (tertiary/aromatic N) is 3. The Balaban J connectivity index is 1.23. The first kappa shape index (κ1) is 22.5. The van der Waals surface area contributed by atoms with Crippen LogP contribution in [0.1, 0.15) is 49.3 Å². The van der Waals surface area contributed by atoms with Crippen LogP contribution in [0.3, 0.4) is 0 Å². The first-order valence-corrected chi connectivity index (χ1v) is 11.5. The number of fused-ring (bicyclic) bond motifs is 1. The molecule has 0 bridgehead atoms. The fourth-order valence-electron chi connectivity index (χ4n) is 5.26. The second-order valence-corrected chi connectivity index (χ2v) is 9.19. The highest BCUT2D eigenvalue weighted by molar-refractivity contribution is 5.82. The number of carbonyl (C=O) groups is 1. The third-order valence-electron chi connectivity index (χ3n) is 7.02. The number of carbonyl (C=O) groups excluding carboxylic acids is 1. The van der Waals surface area contributed by atoms with Gasteiger partial charge in [0, 0.05) is 42.0 Å². The van der Waals surface area contributed by atoms with Crippen LogP contribution in [-0.2, 0) is 16.2 Å². The first-order chi connectivity index (χ1) is 16.4. The standard InChI is InChI=1S/C26H24F3N3O2/c27-21-9-19(10-22(28)13-21)24-6-8-34-32(24)26(33)17-3-1-16(2-4-17)15-31-7-5-18-11-23(29)20(14-30)12-25(18)31/h5,7,9-13,16-17,24H,1-4,6,8,15H2/t16?,17?,24-/m0/s1. The molecule has 1 aromatic heterocycles. The van der Waals surface area contributed by atoms with E-state index in [1.165, 1.54) is 23.3 Å². The Hall–Kier alpha value is -3.31. The van der Waals surface area contributed by atoms with Crippen LogP contribution in [0.5, 0.6) is 0 Å². The molecule has 3 aromatic rings. The maximum atomic E-state index is 13.9. The van der Waals surface area contributed by atoms with Gasteiger partial charge in [-0.3, -0.25) is 9.63 Å². The molecular formula is C26H24F3N3O2. The summed E-state index contributed by atoms with van der Waals surface area (Å²) < 4.78 is 43.3. The Labute approximate surface area is 195 Å². The summed E-state index contributed by atoms with van der Waals surface area (Å²) in [7, 11) is 0. The van der Waals surface area contributed by atoms with E-state index in [0.29, 0.717) is 37.4 Å². The van der Waals surface area contributed by atoms with Crippen molar-refractivity contribution in [3.8, 4) is 6.07 Å². The summed E-state index contributed by atoms with van der Waals surface area (Å²) in [6.45, 7) is 1.06. The van der Waals surface area contributed by atoms with Crippen LogP contribution in [0, 0.1) is 40.6 Å². The van der Waals surface area contributed by atoms with Crippen molar-refractivity contribution < 1.29 is 22.8 Å². The van der Waals surface area contributed by atoms with Crippen LogP contribution in [0.4, 0.5) is 13.2 Å². The molecule has 1 aliphatic carbocycles. The van der Waals surface area contributed by atoms with Crippen molar-refractivity contribution in [1.82, 2.24) is 9.63 Å². The molecule has 2 fully saturated rings. The van der Waals surface area contributed by atoms with E-state index < -0.39 is 23.5 Å². The molecule has 1 saturated heterocycles. The van der Waals surface area contributed by atoms with Gasteiger partial charge in [0.2, 0.25) is 5.91 Å². The average molecular weight is 467 g/mol. The van der Waals surface area contributed by atoms with Gasteiger partial charge in [0.15, 0.2) is 0 Å². The van der Waals surface area contributed by atoms with Gasteiger partial charge in [-0.2, -0.15) is 5.26 Å². The molecule has 1 amide bonds. The van der Waals surface area contributed by atoms with Gasteiger partial charge >= 0.3 is 0 Å². The lowest BCUT2D eigenvalue weighted by atomic mass is 9.81. The van der Waals surface area contributed by atoms with Crippen LogP contribution in [0.2, 0.25) is 0 Å². The summed E-state index contributed by atoms with van der Waals surface area (Å²) in [5.41, 5.74) is 1.26. The van der Waals surface area contributed by atoms with Crippen molar-refractivity contribution in [2.24, 2.45) is 11.8 Å². The predicted molar refractivity (Wildman–Crippen MR) is 119 cm³/mol. The first-order valence-electron chi connectivity index (χ1n) is 11.5. The highest BCUT2D eigenvalue weighted by atomic mass is 19.1.